The smallest absolute Gasteiger partial charge is 0.330 e. The quantitative estimate of drug-likeness (QED) is 0.534. The maximum Gasteiger partial charge on any atom is 0.330 e. The van der Waals surface area contributed by atoms with Crippen LogP contribution in [0.4, 0.5) is 11.5 Å². The standard InChI is InChI=1S/C21H23N5O3S/c1-2-12-25(17(27)14-30-16-10-6-7-11-23-16)18-19(22)26(21(29)24-20(18)28)13-15-8-4-3-5-9-15/h3-11H,2,12-14,22H2,1H3,(H,24,28,29). The van der Waals surface area contributed by atoms with E-state index in [1.54, 1.807) is 12.3 Å². The number of H-pyrrole nitrogens is 1. The lowest BCUT2D eigenvalue weighted by Gasteiger charge is -2.24. The highest BCUT2D eigenvalue weighted by Crippen LogP contribution is 2.21. The van der Waals surface area contributed by atoms with Crippen molar-refractivity contribution in [1.29, 1.82) is 0 Å². The summed E-state index contributed by atoms with van der Waals surface area (Å²) in [4.78, 5) is 45.8. The van der Waals surface area contributed by atoms with Crippen LogP contribution < -0.4 is 21.9 Å². The van der Waals surface area contributed by atoms with Gasteiger partial charge in [0.2, 0.25) is 5.91 Å². The monoisotopic (exact) mass is 425 g/mol. The molecule has 0 spiro atoms. The Bertz CT molecular complexity index is 1110. The van der Waals surface area contributed by atoms with Gasteiger partial charge < -0.3 is 10.6 Å². The number of nitrogens with zero attached hydrogens (tertiary/aromatic N) is 3. The number of nitrogen functional groups attached to an aromatic ring is 1. The molecule has 3 aromatic rings. The summed E-state index contributed by atoms with van der Waals surface area (Å²) in [6.07, 6.45) is 2.27. The van der Waals surface area contributed by atoms with Gasteiger partial charge >= 0.3 is 5.69 Å². The minimum absolute atomic E-state index is 0.000924. The highest BCUT2D eigenvalue weighted by Gasteiger charge is 2.24. The molecule has 9 heteroatoms. The molecule has 0 saturated heterocycles. The van der Waals surface area contributed by atoms with Gasteiger partial charge in [0.15, 0.2) is 5.69 Å². The third-order valence-electron chi connectivity index (χ3n) is 4.40. The number of benzene rings is 1. The fourth-order valence-corrected chi connectivity index (χ4v) is 3.73. The van der Waals surface area contributed by atoms with E-state index in [-0.39, 0.29) is 29.7 Å². The van der Waals surface area contributed by atoms with Gasteiger partial charge in [-0.15, -0.1) is 0 Å². The number of pyridine rings is 1. The predicted octanol–water partition coefficient (Wildman–Crippen LogP) is 2.10. The molecule has 0 atom stereocenters. The van der Waals surface area contributed by atoms with Gasteiger partial charge in [0.05, 0.1) is 17.3 Å². The second kappa shape index (κ2) is 9.93. The summed E-state index contributed by atoms with van der Waals surface area (Å²) < 4.78 is 1.27. The molecule has 8 nitrogen and oxygen atoms in total. The van der Waals surface area contributed by atoms with Gasteiger partial charge in [-0.3, -0.25) is 19.1 Å². The van der Waals surface area contributed by atoms with Crippen molar-refractivity contribution in [3.8, 4) is 0 Å². The van der Waals surface area contributed by atoms with E-state index >= 15 is 0 Å². The molecular weight excluding hydrogens is 402 g/mol. The third kappa shape index (κ3) is 4.98. The Balaban J connectivity index is 1.93. The Morgan fingerprint density at radius 2 is 1.90 bits per heavy atom. The summed E-state index contributed by atoms with van der Waals surface area (Å²) in [5.41, 5.74) is 5.80. The molecule has 0 bridgehead atoms. The van der Waals surface area contributed by atoms with Gasteiger partial charge in [-0.2, -0.15) is 0 Å². The van der Waals surface area contributed by atoms with E-state index in [1.807, 2.05) is 49.4 Å². The summed E-state index contributed by atoms with van der Waals surface area (Å²) in [7, 11) is 0. The maximum atomic E-state index is 12.9. The number of aromatic nitrogens is 3. The lowest BCUT2D eigenvalue weighted by Crippen LogP contribution is -2.42. The van der Waals surface area contributed by atoms with Crippen LogP contribution in [-0.2, 0) is 11.3 Å². The molecule has 3 N–H and O–H groups in total. The van der Waals surface area contributed by atoms with Crippen molar-refractivity contribution in [2.45, 2.75) is 24.9 Å². The second-order valence-corrected chi connectivity index (χ2v) is 7.56. The van der Waals surface area contributed by atoms with E-state index in [0.717, 1.165) is 5.56 Å². The largest absolute Gasteiger partial charge is 0.383 e. The molecule has 0 unspecified atom stereocenters. The first-order chi connectivity index (χ1) is 14.5. The first-order valence-corrected chi connectivity index (χ1v) is 10.5. The summed E-state index contributed by atoms with van der Waals surface area (Å²) in [6, 6.07) is 14.7. The van der Waals surface area contributed by atoms with Crippen LogP contribution in [0, 0.1) is 0 Å². The molecule has 0 aliphatic rings. The van der Waals surface area contributed by atoms with Crippen molar-refractivity contribution in [2.24, 2.45) is 0 Å². The molecule has 2 aromatic heterocycles. The molecule has 1 aromatic carbocycles. The van der Waals surface area contributed by atoms with E-state index in [0.29, 0.717) is 18.0 Å². The summed E-state index contributed by atoms with van der Waals surface area (Å²) in [5, 5.41) is 0.707. The number of carbonyl (C=O) groups excluding carboxylic acids is 1. The van der Waals surface area contributed by atoms with Crippen molar-refractivity contribution in [3.63, 3.8) is 0 Å². The molecule has 0 aliphatic heterocycles. The molecule has 30 heavy (non-hydrogen) atoms. The molecule has 3 rings (SSSR count). The third-order valence-corrected chi connectivity index (χ3v) is 5.33. The van der Waals surface area contributed by atoms with Crippen molar-refractivity contribution >= 4 is 29.2 Å². The fourth-order valence-electron chi connectivity index (χ4n) is 2.99. The van der Waals surface area contributed by atoms with Gasteiger partial charge in [-0.25, -0.2) is 9.78 Å². The average molecular weight is 426 g/mol. The van der Waals surface area contributed by atoms with E-state index in [9.17, 15) is 14.4 Å². The molecule has 156 valence electrons. The summed E-state index contributed by atoms with van der Waals surface area (Å²) in [5.74, 6) is -0.222. The van der Waals surface area contributed by atoms with Crippen molar-refractivity contribution < 1.29 is 4.79 Å². The zero-order chi connectivity index (χ0) is 21.5. The van der Waals surface area contributed by atoms with E-state index < -0.39 is 11.2 Å². The van der Waals surface area contributed by atoms with Crippen LogP contribution in [0.5, 0.6) is 0 Å². The van der Waals surface area contributed by atoms with Gasteiger partial charge in [-0.1, -0.05) is 55.1 Å². The molecular formula is C21H23N5O3S. The maximum absolute atomic E-state index is 12.9. The Kier molecular flexibility index (Phi) is 7.08. The van der Waals surface area contributed by atoms with Crippen LogP contribution in [0.25, 0.3) is 0 Å². The Hall–Kier alpha value is -3.33. The molecule has 2 heterocycles. The van der Waals surface area contributed by atoms with Crippen LogP contribution in [0.15, 0.2) is 69.3 Å². The fraction of sp³-hybridized carbons (Fsp3) is 0.238. The van der Waals surface area contributed by atoms with Gasteiger partial charge in [-0.05, 0) is 24.1 Å². The molecule has 0 aliphatic carbocycles. The van der Waals surface area contributed by atoms with Crippen LogP contribution in [0.1, 0.15) is 18.9 Å². The molecule has 0 radical (unpaired) electrons. The number of hydrogen-bond donors (Lipinski definition) is 2. The first kappa shape index (κ1) is 21.4. The first-order valence-electron chi connectivity index (χ1n) is 9.52. The summed E-state index contributed by atoms with van der Waals surface area (Å²) >= 11 is 1.28. The number of amides is 1. The lowest BCUT2D eigenvalue weighted by atomic mass is 10.2. The number of nitrogens with one attached hydrogen (secondary N) is 1. The van der Waals surface area contributed by atoms with Crippen LogP contribution in [-0.4, -0.2) is 32.7 Å². The highest BCUT2D eigenvalue weighted by atomic mass is 32.2. The zero-order valence-electron chi connectivity index (χ0n) is 16.6. The summed E-state index contributed by atoms with van der Waals surface area (Å²) in [6.45, 7) is 2.39. The lowest BCUT2D eigenvalue weighted by molar-refractivity contribution is -0.116. The average Bonchev–Trinajstić information content (AvgIpc) is 2.75. The zero-order valence-corrected chi connectivity index (χ0v) is 17.4. The number of nitrogens with two attached hydrogens (primary N) is 1. The number of aromatic amines is 1. The highest BCUT2D eigenvalue weighted by molar-refractivity contribution is 7.99. The second-order valence-electron chi connectivity index (χ2n) is 6.57. The molecule has 1 amide bonds. The molecule has 0 fully saturated rings. The van der Waals surface area contributed by atoms with Crippen molar-refractivity contribution in [1.82, 2.24) is 14.5 Å². The number of rotatable bonds is 8. The van der Waals surface area contributed by atoms with Gasteiger partial charge in [0.25, 0.3) is 5.56 Å². The van der Waals surface area contributed by atoms with Gasteiger partial charge in [0.1, 0.15) is 5.82 Å². The van der Waals surface area contributed by atoms with Gasteiger partial charge in [0, 0.05) is 12.7 Å². The van der Waals surface area contributed by atoms with Crippen molar-refractivity contribution in [3.05, 3.63) is 81.1 Å². The number of hydrogen-bond acceptors (Lipinski definition) is 6. The van der Waals surface area contributed by atoms with Crippen LogP contribution in [0.2, 0.25) is 0 Å². The Labute approximate surface area is 177 Å². The topological polar surface area (TPSA) is 114 Å². The van der Waals surface area contributed by atoms with E-state index in [1.165, 1.54) is 21.2 Å². The number of carbonyl (C=O) groups is 1. The molecule has 0 saturated carbocycles. The Morgan fingerprint density at radius 3 is 2.57 bits per heavy atom. The van der Waals surface area contributed by atoms with Crippen LogP contribution in [0.3, 0.4) is 0 Å². The normalized spacial score (nSPS) is 10.7. The minimum Gasteiger partial charge on any atom is -0.383 e. The van der Waals surface area contributed by atoms with E-state index in [4.69, 9.17) is 5.73 Å². The van der Waals surface area contributed by atoms with Crippen LogP contribution >= 0.6 is 11.8 Å². The predicted molar refractivity (Wildman–Crippen MR) is 119 cm³/mol. The number of thioether (sulfide) groups is 1. The van der Waals surface area contributed by atoms with Crippen molar-refractivity contribution in [2.75, 3.05) is 22.9 Å². The Morgan fingerprint density at radius 1 is 1.17 bits per heavy atom. The van der Waals surface area contributed by atoms with E-state index in [2.05, 4.69) is 9.97 Å². The SMILES string of the molecule is CCCN(C(=O)CSc1ccccn1)c1c(N)n(Cc2ccccc2)c(=O)[nH]c1=O. The number of anilines is 2. The minimum atomic E-state index is -0.675.